The van der Waals surface area contributed by atoms with Crippen molar-refractivity contribution in [2.24, 2.45) is 0 Å². The number of hydrogen-bond acceptors (Lipinski definition) is 4. The molecule has 4 heteroatoms. The van der Waals surface area contributed by atoms with E-state index < -0.39 is 0 Å². The molecule has 0 aliphatic carbocycles. The van der Waals surface area contributed by atoms with Crippen LogP contribution < -0.4 is 5.32 Å². The molecule has 0 saturated carbocycles. The van der Waals surface area contributed by atoms with Gasteiger partial charge in [-0.25, -0.2) is 4.98 Å². The summed E-state index contributed by atoms with van der Waals surface area (Å²) in [4.78, 5) is 15.9. The lowest BCUT2D eigenvalue weighted by Gasteiger charge is -2.10. The van der Waals surface area contributed by atoms with Crippen molar-refractivity contribution in [2.75, 3.05) is 11.9 Å². The van der Waals surface area contributed by atoms with E-state index in [2.05, 4.69) is 41.5 Å². The van der Waals surface area contributed by atoms with Gasteiger partial charge in [-0.2, -0.15) is 0 Å². The van der Waals surface area contributed by atoms with Crippen LogP contribution in [-0.4, -0.2) is 17.6 Å². The Bertz CT molecular complexity index is 636. The third kappa shape index (κ3) is 4.58. The van der Waals surface area contributed by atoms with Crippen LogP contribution in [0.2, 0.25) is 0 Å². The molecule has 1 heterocycles. The molecular weight excluding hydrogens is 276 g/mol. The monoisotopic (exact) mass is 298 g/mol. The van der Waals surface area contributed by atoms with Crippen molar-refractivity contribution < 1.29 is 9.53 Å². The standard InChI is InChI=1S/C18H22N2O2/c1-4-22-18(21)10-16-12-20-17(9-14(16)3)19-11-15-7-5-13(2)6-8-15/h5-9,12H,4,10-11H2,1-3H3,(H,19,20). The van der Waals surface area contributed by atoms with Crippen LogP contribution in [-0.2, 0) is 22.5 Å². The van der Waals surface area contributed by atoms with Gasteiger partial charge in [-0.05, 0) is 43.5 Å². The topological polar surface area (TPSA) is 51.2 Å². The van der Waals surface area contributed by atoms with Gasteiger partial charge in [-0.15, -0.1) is 0 Å². The molecule has 2 aromatic rings. The summed E-state index contributed by atoms with van der Waals surface area (Å²) in [6, 6.07) is 10.4. The van der Waals surface area contributed by atoms with Gasteiger partial charge in [-0.3, -0.25) is 4.79 Å². The summed E-state index contributed by atoms with van der Waals surface area (Å²) < 4.78 is 4.96. The minimum atomic E-state index is -0.215. The molecule has 0 bridgehead atoms. The van der Waals surface area contributed by atoms with Gasteiger partial charge in [0.25, 0.3) is 0 Å². The van der Waals surface area contributed by atoms with E-state index in [-0.39, 0.29) is 12.4 Å². The number of aromatic nitrogens is 1. The smallest absolute Gasteiger partial charge is 0.310 e. The maximum Gasteiger partial charge on any atom is 0.310 e. The van der Waals surface area contributed by atoms with Gasteiger partial charge in [-0.1, -0.05) is 29.8 Å². The number of benzene rings is 1. The van der Waals surface area contributed by atoms with Crippen molar-refractivity contribution >= 4 is 11.8 Å². The van der Waals surface area contributed by atoms with Crippen molar-refractivity contribution in [1.82, 2.24) is 4.98 Å². The number of carbonyl (C=O) groups is 1. The second-order valence-electron chi connectivity index (χ2n) is 5.32. The molecule has 0 radical (unpaired) electrons. The maximum atomic E-state index is 11.5. The Morgan fingerprint density at radius 3 is 2.59 bits per heavy atom. The number of carbonyl (C=O) groups excluding carboxylic acids is 1. The van der Waals surface area contributed by atoms with Crippen LogP contribution in [0, 0.1) is 13.8 Å². The summed E-state index contributed by atoms with van der Waals surface area (Å²) in [5.74, 6) is 0.596. The fourth-order valence-electron chi connectivity index (χ4n) is 2.13. The first kappa shape index (κ1) is 16.0. The van der Waals surface area contributed by atoms with E-state index in [1.807, 2.05) is 13.0 Å². The molecule has 0 unspecified atom stereocenters. The van der Waals surface area contributed by atoms with Crippen molar-refractivity contribution in [2.45, 2.75) is 33.7 Å². The third-order valence-electron chi connectivity index (χ3n) is 3.45. The molecule has 0 saturated heterocycles. The Balaban J connectivity index is 1.97. The highest BCUT2D eigenvalue weighted by Gasteiger charge is 2.08. The van der Waals surface area contributed by atoms with Gasteiger partial charge in [0.2, 0.25) is 0 Å². The number of esters is 1. The molecule has 1 aromatic carbocycles. The molecule has 0 spiro atoms. The Morgan fingerprint density at radius 2 is 1.95 bits per heavy atom. The van der Waals surface area contributed by atoms with Gasteiger partial charge in [0, 0.05) is 12.7 Å². The first-order valence-electron chi connectivity index (χ1n) is 7.49. The molecule has 4 nitrogen and oxygen atoms in total. The molecule has 1 N–H and O–H groups in total. The zero-order valence-corrected chi connectivity index (χ0v) is 13.3. The number of nitrogens with one attached hydrogen (secondary N) is 1. The summed E-state index contributed by atoms with van der Waals surface area (Å²) in [7, 11) is 0. The molecule has 116 valence electrons. The molecule has 2 rings (SSSR count). The number of nitrogens with zero attached hydrogens (tertiary/aromatic N) is 1. The van der Waals surface area contributed by atoms with Gasteiger partial charge >= 0.3 is 5.97 Å². The number of hydrogen-bond donors (Lipinski definition) is 1. The van der Waals surface area contributed by atoms with E-state index in [1.54, 1.807) is 13.1 Å². The van der Waals surface area contributed by atoms with Gasteiger partial charge in [0.1, 0.15) is 5.82 Å². The molecular formula is C18H22N2O2. The van der Waals surface area contributed by atoms with Crippen molar-refractivity contribution in [3.8, 4) is 0 Å². The predicted octanol–water partition coefficient (Wildman–Crippen LogP) is 3.42. The van der Waals surface area contributed by atoms with E-state index in [0.29, 0.717) is 6.61 Å². The van der Waals surface area contributed by atoms with Gasteiger partial charge in [0.05, 0.1) is 13.0 Å². The third-order valence-corrected chi connectivity index (χ3v) is 3.45. The minimum absolute atomic E-state index is 0.215. The van der Waals surface area contributed by atoms with Crippen LogP contribution >= 0.6 is 0 Å². The molecule has 0 amide bonds. The first-order valence-corrected chi connectivity index (χ1v) is 7.49. The fraction of sp³-hybridized carbons (Fsp3) is 0.333. The first-order chi connectivity index (χ1) is 10.6. The van der Waals surface area contributed by atoms with Gasteiger partial charge in [0.15, 0.2) is 0 Å². The normalized spacial score (nSPS) is 10.3. The predicted molar refractivity (Wildman–Crippen MR) is 87.8 cm³/mol. The van der Waals surface area contributed by atoms with Crippen LogP contribution in [0.4, 0.5) is 5.82 Å². The zero-order valence-electron chi connectivity index (χ0n) is 13.3. The van der Waals surface area contributed by atoms with Crippen molar-refractivity contribution in [3.05, 3.63) is 58.8 Å². The Kier molecular flexibility index (Phi) is 5.53. The van der Waals surface area contributed by atoms with Crippen LogP contribution in [0.5, 0.6) is 0 Å². The average Bonchev–Trinajstić information content (AvgIpc) is 2.49. The highest BCUT2D eigenvalue weighted by Crippen LogP contribution is 2.14. The van der Waals surface area contributed by atoms with E-state index >= 15 is 0 Å². The van der Waals surface area contributed by atoms with Crippen molar-refractivity contribution in [3.63, 3.8) is 0 Å². The summed E-state index contributed by atoms with van der Waals surface area (Å²) in [6.45, 7) is 6.99. The summed E-state index contributed by atoms with van der Waals surface area (Å²) in [6.07, 6.45) is 2.01. The molecule has 0 aliphatic rings. The van der Waals surface area contributed by atoms with Crippen LogP contribution in [0.3, 0.4) is 0 Å². The lowest BCUT2D eigenvalue weighted by atomic mass is 10.1. The molecule has 0 atom stereocenters. The number of aryl methyl sites for hydroxylation is 2. The number of rotatable bonds is 6. The quantitative estimate of drug-likeness (QED) is 0.830. The summed E-state index contributed by atoms with van der Waals surface area (Å²) in [5, 5.41) is 3.30. The van der Waals surface area contributed by atoms with E-state index in [1.165, 1.54) is 11.1 Å². The highest BCUT2D eigenvalue weighted by atomic mass is 16.5. The zero-order chi connectivity index (χ0) is 15.9. The second kappa shape index (κ2) is 7.59. The van der Waals surface area contributed by atoms with E-state index in [9.17, 15) is 4.79 Å². The number of anilines is 1. The second-order valence-corrected chi connectivity index (χ2v) is 5.32. The van der Waals surface area contributed by atoms with E-state index in [0.717, 1.165) is 23.5 Å². The Labute approximate surface area is 131 Å². The van der Waals surface area contributed by atoms with Crippen molar-refractivity contribution in [1.29, 1.82) is 0 Å². The van der Waals surface area contributed by atoms with Crippen LogP contribution in [0.15, 0.2) is 36.5 Å². The fourth-order valence-corrected chi connectivity index (χ4v) is 2.13. The van der Waals surface area contributed by atoms with Crippen LogP contribution in [0.25, 0.3) is 0 Å². The molecule has 0 fully saturated rings. The average molecular weight is 298 g/mol. The number of pyridine rings is 1. The maximum absolute atomic E-state index is 11.5. The number of ether oxygens (including phenoxy) is 1. The SMILES string of the molecule is CCOC(=O)Cc1cnc(NCc2ccc(C)cc2)cc1C. The molecule has 0 aliphatic heterocycles. The lowest BCUT2D eigenvalue weighted by molar-refractivity contribution is -0.142. The largest absolute Gasteiger partial charge is 0.466 e. The lowest BCUT2D eigenvalue weighted by Crippen LogP contribution is -2.09. The molecule has 22 heavy (non-hydrogen) atoms. The van der Waals surface area contributed by atoms with Gasteiger partial charge < -0.3 is 10.1 Å². The molecule has 1 aromatic heterocycles. The Morgan fingerprint density at radius 1 is 1.23 bits per heavy atom. The Hall–Kier alpha value is -2.36. The summed E-state index contributed by atoms with van der Waals surface area (Å²) >= 11 is 0. The highest BCUT2D eigenvalue weighted by molar-refractivity contribution is 5.73. The summed E-state index contributed by atoms with van der Waals surface area (Å²) in [5.41, 5.74) is 4.40. The minimum Gasteiger partial charge on any atom is -0.466 e. The van der Waals surface area contributed by atoms with Crippen LogP contribution in [0.1, 0.15) is 29.2 Å². The van der Waals surface area contributed by atoms with E-state index in [4.69, 9.17) is 4.74 Å².